The van der Waals surface area contributed by atoms with Crippen molar-refractivity contribution in [2.75, 3.05) is 7.05 Å². The first-order valence-electron chi connectivity index (χ1n) is 7.04. The average molecular weight is 286 g/mol. The summed E-state index contributed by atoms with van der Waals surface area (Å²) >= 11 is 0. The Labute approximate surface area is 125 Å². The summed E-state index contributed by atoms with van der Waals surface area (Å²) in [5.41, 5.74) is 7.82. The Morgan fingerprint density at radius 2 is 2.00 bits per heavy atom. The average Bonchev–Trinajstić information content (AvgIpc) is 2.81. The van der Waals surface area contributed by atoms with Crippen molar-refractivity contribution in [2.45, 2.75) is 32.4 Å². The van der Waals surface area contributed by atoms with E-state index in [9.17, 15) is 4.79 Å². The molecule has 1 amide bonds. The van der Waals surface area contributed by atoms with E-state index >= 15 is 0 Å². The summed E-state index contributed by atoms with van der Waals surface area (Å²) < 4.78 is 2.05. The number of nitrogens with zero attached hydrogens (tertiary/aromatic N) is 2. The predicted octanol–water partition coefficient (Wildman–Crippen LogP) is 1.49. The van der Waals surface area contributed by atoms with Gasteiger partial charge in [0, 0.05) is 12.2 Å². The van der Waals surface area contributed by atoms with Gasteiger partial charge in [-0.1, -0.05) is 30.3 Å². The molecule has 112 valence electrons. The summed E-state index contributed by atoms with van der Waals surface area (Å²) in [5, 5.41) is 3.12. The summed E-state index contributed by atoms with van der Waals surface area (Å²) in [5.74, 6) is -0.370. The number of rotatable bonds is 6. The third kappa shape index (κ3) is 2.83. The predicted molar refractivity (Wildman–Crippen MR) is 82.7 cm³/mol. The molecule has 1 aromatic carbocycles. The van der Waals surface area contributed by atoms with E-state index < -0.39 is 5.54 Å². The van der Waals surface area contributed by atoms with Crippen molar-refractivity contribution in [3.63, 3.8) is 0 Å². The molecule has 2 aromatic rings. The Morgan fingerprint density at radius 1 is 1.33 bits per heavy atom. The third-order valence-corrected chi connectivity index (χ3v) is 4.19. The van der Waals surface area contributed by atoms with Crippen LogP contribution in [0.15, 0.2) is 36.7 Å². The maximum atomic E-state index is 12.1. The van der Waals surface area contributed by atoms with E-state index in [1.165, 1.54) is 0 Å². The lowest BCUT2D eigenvalue weighted by atomic mass is 9.86. The van der Waals surface area contributed by atoms with Crippen LogP contribution in [0.25, 0.3) is 0 Å². The van der Waals surface area contributed by atoms with E-state index in [4.69, 9.17) is 5.73 Å². The van der Waals surface area contributed by atoms with E-state index in [1.807, 2.05) is 48.7 Å². The summed E-state index contributed by atoms with van der Waals surface area (Å²) in [7, 11) is 1.77. The van der Waals surface area contributed by atoms with Crippen LogP contribution >= 0.6 is 0 Å². The Kier molecular flexibility index (Phi) is 4.43. The summed E-state index contributed by atoms with van der Waals surface area (Å²) in [6.45, 7) is 4.67. The molecule has 1 atom stereocenters. The van der Waals surface area contributed by atoms with Crippen LogP contribution in [-0.2, 0) is 16.9 Å². The van der Waals surface area contributed by atoms with Crippen molar-refractivity contribution in [3.05, 3.63) is 53.6 Å². The van der Waals surface area contributed by atoms with E-state index in [2.05, 4.69) is 10.3 Å². The van der Waals surface area contributed by atoms with Gasteiger partial charge >= 0.3 is 0 Å². The standard InChI is InChI=1S/C16H22N4O/c1-12-13(2)20(11-19-12)10-9-16(18-3,15(17)21)14-7-5-4-6-8-14/h4-8,11,18H,9-10H2,1-3H3,(H2,17,21). The molecule has 0 radical (unpaired) electrons. The van der Waals surface area contributed by atoms with E-state index in [0.717, 1.165) is 17.0 Å². The first kappa shape index (κ1) is 15.3. The molecule has 5 nitrogen and oxygen atoms in total. The monoisotopic (exact) mass is 286 g/mol. The minimum atomic E-state index is -0.869. The first-order valence-corrected chi connectivity index (χ1v) is 7.04. The van der Waals surface area contributed by atoms with Crippen LogP contribution in [0.3, 0.4) is 0 Å². The molecule has 21 heavy (non-hydrogen) atoms. The molecule has 0 saturated carbocycles. The normalized spacial score (nSPS) is 13.9. The zero-order valence-electron chi connectivity index (χ0n) is 12.8. The van der Waals surface area contributed by atoms with Gasteiger partial charge in [-0.05, 0) is 32.9 Å². The number of aromatic nitrogens is 2. The topological polar surface area (TPSA) is 72.9 Å². The quantitative estimate of drug-likeness (QED) is 0.845. The number of primary amides is 1. The van der Waals surface area contributed by atoms with E-state index in [0.29, 0.717) is 13.0 Å². The highest BCUT2D eigenvalue weighted by Crippen LogP contribution is 2.25. The van der Waals surface area contributed by atoms with Gasteiger partial charge in [0.05, 0.1) is 12.0 Å². The number of hydrogen-bond acceptors (Lipinski definition) is 3. The summed E-state index contributed by atoms with van der Waals surface area (Å²) in [6.07, 6.45) is 2.37. The number of aryl methyl sites for hydroxylation is 2. The van der Waals surface area contributed by atoms with Gasteiger partial charge in [-0.15, -0.1) is 0 Å². The van der Waals surface area contributed by atoms with Gasteiger partial charge in [-0.2, -0.15) is 0 Å². The fraction of sp³-hybridized carbons (Fsp3) is 0.375. The molecule has 3 N–H and O–H groups in total. The van der Waals surface area contributed by atoms with Gasteiger partial charge in [0.1, 0.15) is 5.54 Å². The van der Waals surface area contributed by atoms with Crippen LogP contribution in [-0.4, -0.2) is 22.5 Å². The van der Waals surface area contributed by atoms with Crippen LogP contribution in [0.4, 0.5) is 0 Å². The van der Waals surface area contributed by atoms with E-state index in [1.54, 1.807) is 13.4 Å². The molecular weight excluding hydrogens is 264 g/mol. The largest absolute Gasteiger partial charge is 0.368 e. The summed E-state index contributed by atoms with van der Waals surface area (Å²) in [6, 6.07) is 9.60. The smallest absolute Gasteiger partial charge is 0.242 e. The van der Waals surface area contributed by atoms with Gasteiger partial charge in [0.25, 0.3) is 0 Å². The molecule has 0 saturated heterocycles. The van der Waals surface area contributed by atoms with Crippen molar-refractivity contribution < 1.29 is 4.79 Å². The molecule has 0 bridgehead atoms. The van der Waals surface area contributed by atoms with Crippen LogP contribution in [0, 0.1) is 13.8 Å². The van der Waals surface area contributed by atoms with E-state index in [-0.39, 0.29) is 5.91 Å². The maximum absolute atomic E-state index is 12.1. The molecule has 2 rings (SSSR count). The van der Waals surface area contributed by atoms with Crippen molar-refractivity contribution in [1.82, 2.24) is 14.9 Å². The van der Waals surface area contributed by atoms with Gasteiger partial charge in [0.2, 0.25) is 5.91 Å². The molecule has 0 aliphatic rings. The van der Waals surface area contributed by atoms with Crippen LogP contribution in [0.1, 0.15) is 23.4 Å². The second-order valence-corrected chi connectivity index (χ2v) is 5.24. The molecular formula is C16H22N4O. The lowest BCUT2D eigenvalue weighted by molar-refractivity contribution is -0.125. The van der Waals surface area contributed by atoms with Gasteiger partial charge in [-0.25, -0.2) is 4.98 Å². The second kappa shape index (κ2) is 6.10. The lowest BCUT2D eigenvalue weighted by Gasteiger charge is -2.31. The summed E-state index contributed by atoms with van der Waals surface area (Å²) in [4.78, 5) is 16.4. The molecule has 1 unspecified atom stereocenters. The number of imidazole rings is 1. The number of amides is 1. The number of benzene rings is 1. The van der Waals surface area contributed by atoms with Crippen LogP contribution < -0.4 is 11.1 Å². The fourth-order valence-corrected chi connectivity index (χ4v) is 2.58. The number of likely N-dealkylation sites (N-methyl/N-ethyl adjacent to an activating group) is 1. The number of nitrogens with one attached hydrogen (secondary N) is 1. The number of hydrogen-bond donors (Lipinski definition) is 2. The zero-order chi connectivity index (χ0) is 15.5. The molecule has 0 fully saturated rings. The van der Waals surface area contributed by atoms with Gasteiger partial charge in [-0.3, -0.25) is 4.79 Å². The highest BCUT2D eigenvalue weighted by Gasteiger charge is 2.36. The maximum Gasteiger partial charge on any atom is 0.242 e. The Hall–Kier alpha value is -2.14. The highest BCUT2D eigenvalue weighted by molar-refractivity contribution is 5.86. The number of carbonyl (C=O) groups is 1. The molecule has 5 heteroatoms. The molecule has 0 aliphatic heterocycles. The second-order valence-electron chi connectivity index (χ2n) is 5.24. The van der Waals surface area contributed by atoms with Gasteiger partial charge < -0.3 is 15.6 Å². The van der Waals surface area contributed by atoms with Crippen LogP contribution in [0.2, 0.25) is 0 Å². The lowest BCUT2D eigenvalue weighted by Crippen LogP contribution is -2.51. The molecule has 1 aromatic heterocycles. The van der Waals surface area contributed by atoms with Crippen molar-refractivity contribution in [2.24, 2.45) is 5.73 Å². The third-order valence-electron chi connectivity index (χ3n) is 4.19. The van der Waals surface area contributed by atoms with Crippen molar-refractivity contribution >= 4 is 5.91 Å². The number of carbonyl (C=O) groups excluding carboxylic acids is 1. The molecule has 1 heterocycles. The fourth-order valence-electron chi connectivity index (χ4n) is 2.58. The molecule has 0 spiro atoms. The van der Waals surface area contributed by atoms with Gasteiger partial charge in [0.15, 0.2) is 0 Å². The van der Waals surface area contributed by atoms with Crippen molar-refractivity contribution in [3.8, 4) is 0 Å². The highest BCUT2D eigenvalue weighted by atomic mass is 16.1. The minimum Gasteiger partial charge on any atom is -0.368 e. The Bertz CT molecular complexity index is 620. The SMILES string of the molecule is CNC(CCn1cnc(C)c1C)(C(N)=O)c1ccccc1. The van der Waals surface area contributed by atoms with Crippen LogP contribution in [0.5, 0.6) is 0 Å². The minimum absolute atomic E-state index is 0.370. The van der Waals surface area contributed by atoms with Crippen molar-refractivity contribution in [1.29, 1.82) is 0 Å². The zero-order valence-corrected chi connectivity index (χ0v) is 12.8. The Morgan fingerprint density at radius 3 is 2.48 bits per heavy atom. The first-order chi connectivity index (χ1) is 10.0. The number of nitrogens with two attached hydrogens (primary N) is 1. The molecule has 0 aliphatic carbocycles. The Balaban J connectivity index is 2.29.